The van der Waals surface area contributed by atoms with Crippen molar-refractivity contribution in [1.82, 2.24) is 24.8 Å². The fourth-order valence-electron chi connectivity index (χ4n) is 5.07. The molecular weight excluding hydrogens is 543 g/mol. The fourth-order valence-corrected chi connectivity index (χ4v) is 5.07. The van der Waals surface area contributed by atoms with Crippen LogP contribution in [0.3, 0.4) is 0 Å². The molecule has 0 saturated heterocycles. The number of likely N-dealkylation sites (N-methyl/N-ethyl adjacent to an activating group) is 2. The molecule has 3 aromatic rings. The number of anilines is 5. The summed E-state index contributed by atoms with van der Waals surface area (Å²) in [6.45, 7) is -0.0685. The van der Waals surface area contributed by atoms with E-state index in [1.165, 1.54) is 11.1 Å². The summed E-state index contributed by atoms with van der Waals surface area (Å²) in [5.41, 5.74) is 1.36. The fraction of sp³-hybridized carbons (Fsp3) is 0.462. The van der Waals surface area contributed by atoms with Crippen molar-refractivity contribution in [2.45, 2.75) is 30.9 Å². The van der Waals surface area contributed by atoms with Gasteiger partial charge in [-0.15, -0.1) is 0 Å². The number of nitro groups is 1. The van der Waals surface area contributed by atoms with Crippen LogP contribution in [0.25, 0.3) is 0 Å². The van der Waals surface area contributed by atoms with E-state index in [2.05, 4.69) is 25.3 Å². The highest BCUT2D eigenvalue weighted by atomic mass is 19.4. The average molecular weight is 574 g/mol. The molecule has 0 atom stereocenters. The molecule has 1 aliphatic carbocycles. The zero-order chi connectivity index (χ0) is 29.4. The Bertz CT molecular complexity index is 1430. The van der Waals surface area contributed by atoms with Crippen LogP contribution < -0.4 is 19.9 Å². The van der Waals surface area contributed by atoms with E-state index in [1.54, 1.807) is 19.3 Å². The van der Waals surface area contributed by atoms with Crippen molar-refractivity contribution in [3.05, 3.63) is 52.5 Å². The summed E-state index contributed by atoms with van der Waals surface area (Å²) >= 11 is 0. The molecule has 1 fully saturated rings. The van der Waals surface area contributed by atoms with E-state index in [0.717, 1.165) is 36.7 Å². The summed E-state index contributed by atoms with van der Waals surface area (Å²) in [6, 6.07) is 6.65. The Morgan fingerprint density at radius 3 is 2.59 bits per heavy atom. The Hall–Kier alpha value is -4.27. The summed E-state index contributed by atoms with van der Waals surface area (Å²) in [4.78, 5) is 34.3. The van der Waals surface area contributed by atoms with E-state index in [1.807, 2.05) is 36.0 Å². The zero-order valence-electron chi connectivity index (χ0n) is 22.9. The van der Waals surface area contributed by atoms with Gasteiger partial charge in [0.15, 0.2) is 6.61 Å². The van der Waals surface area contributed by atoms with Crippen LogP contribution in [-0.2, 0) is 5.41 Å². The maximum Gasteiger partial charge on any atom is 0.422 e. The SMILES string of the molecule is CN(C)CCN(C)c1nc(OCC(F)(F)F)c(Nc2nccc(N3CC4(CCC4)c4ncccc43)n2)cc1[N+](=O)[O-]. The molecule has 41 heavy (non-hydrogen) atoms. The summed E-state index contributed by atoms with van der Waals surface area (Å²) in [5, 5.41) is 14.8. The number of alkyl halides is 3. The highest BCUT2D eigenvalue weighted by Gasteiger charge is 2.48. The lowest BCUT2D eigenvalue weighted by molar-refractivity contribution is -0.384. The number of nitrogens with zero attached hydrogens (tertiary/aromatic N) is 8. The first kappa shape index (κ1) is 28.3. The first-order valence-electron chi connectivity index (χ1n) is 13.0. The number of ether oxygens (including phenoxy) is 1. The molecule has 4 heterocycles. The van der Waals surface area contributed by atoms with Crippen molar-refractivity contribution >= 4 is 34.6 Å². The second-order valence-corrected chi connectivity index (χ2v) is 10.5. The van der Waals surface area contributed by atoms with Crippen LogP contribution in [-0.4, -0.2) is 83.3 Å². The molecule has 15 heteroatoms. The van der Waals surface area contributed by atoms with E-state index in [-0.39, 0.29) is 22.9 Å². The van der Waals surface area contributed by atoms with E-state index in [4.69, 9.17) is 4.74 Å². The van der Waals surface area contributed by atoms with E-state index in [9.17, 15) is 23.3 Å². The molecule has 12 nitrogen and oxygen atoms in total. The van der Waals surface area contributed by atoms with E-state index < -0.39 is 29.3 Å². The third-order valence-corrected chi connectivity index (χ3v) is 7.28. The lowest BCUT2D eigenvalue weighted by Gasteiger charge is -2.38. The van der Waals surface area contributed by atoms with Crippen molar-refractivity contribution < 1.29 is 22.8 Å². The van der Waals surface area contributed by atoms with Gasteiger partial charge in [0.1, 0.15) is 11.5 Å². The van der Waals surface area contributed by atoms with Gasteiger partial charge in [0.2, 0.25) is 17.6 Å². The van der Waals surface area contributed by atoms with Crippen molar-refractivity contribution in [2.24, 2.45) is 0 Å². The van der Waals surface area contributed by atoms with Crippen LogP contribution in [0.1, 0.15) is 25.0 Å². The van der Waals surface area contributed by atoms with Crippen molar-refractivity contribution in [3.8, 4) is 5.88 Å². The monoisotopic (exact) mass is 573 g/mol. The van der Waals surface area contributed by atoms with Crippen molar-refractivity contribution in [3.63, 3.8) is 0 Å². The Morgan fingerprint density at radius 2 is 1.93 bits per heavy atom. The summed E-state index contributed by atoms with van der Waals surface area (Å²) < 4.78 is 44.3. The number of hydrogen-bond acceptors (Lipinski definition) is 11. The van der Waals surface area contributed by atoms with Gasteiger partial charge in [0.05, 0.1) is 16.3 Å². The minimum absolute atomic E-state index is 0.0177. The molecule has 1 N–H and O–H groups in total. The number of rotatable bonds is 10. The van der Waals surface area contributed by atoms with Crippen LogP contribution in [0.15, 0.2) is 36.7 Å². The number of halogens is 3. The van der Waals surface area contributed by atoms with E-state index in [0.29, 0.717) is 25.5 Å². The molecule has 1 aliphatic heterocycles. The molecule has 0 aromatic carbocycles. The summed E-state index contributed by atoms with van der Waals surface area (Å²) in [6.07, 6.45) is 1.80. The van der Waals surface area contributed by atoms with Crippen LogP contribution in [0.2, 0.25) is 0 Å². The smallest absolute Gasteiger partial charge is 0.422 e. The quantitative estimate of drug-likeness (QED) is 0.273. The second-order valence-electron chi connectivity index (χ2n) is 10.5. The van der Waals surface area contributed by atoms with Gasteiger partial charge in [-0.05, 0) is 45.1 Å². The van der Waals surface area contributed by atoms with Crippen LogP contribution in [0.4, 0.5) is 47.8 Å². The summed E-state index contributed by atoms with van der Waals surface area (Å²) in [5.74, 6) is -0.0102. The second kappa shape index (κ2) is 11.0. The maximum absolute atomic E-state index is 13.1. The van der Waals surface area contributed by atoms with Gasteiger partial charge in [-0.1, -0.05) is 6.42 Å². The normalized spacial score (nSPS) is 15.5. The molecule has 0 bridgehead atoms. The van der Waals surface area contributed by atoms with E-state index >= 15 is 0 Å². The molecule has 5 rings (SSSR count). The van der Waals surface area contributed by atoms with Gasteiger partial charge >= 0.3 is 11.9 Å². The Morgan fingerprint density at radius 1 is 1.15 bits per heavy atom. The maximum atomic E-state index is 13.1. The lowest BCUT2D eigenvalue weighted by atomic mass is 9.67. The lowest BCUT2D eigenvalue weighted by Crippen LogP contribution is -2.38. The van der Waals surface area contributed by atoms with Gasteiger partial charge in [-0.3, -0.25) is 15.1 Å². The molecule has 2 aliphatic rings. The van der Waals surface area contributed by atoms with Gasteiger partial charge in [-0.25, -0.2) is 4.98 Å². The molecule has 0 radical (unpaired) electrons. The van der Waals surface area contributed by atoms with Gasteiger partial charge in [0.25, 0.3) is 0 Å². The highest BCUT2D eigenvalue weighted by molar-refractivity contribution is 5.73. The minimum atomic E-state index is -4.65. The Balaban J connectivity index is 1.48. The molecule has 0 unspecified atom stereocenters. The molecule has 1 spiro atoms. The van der Waals surface area contributed by atoms with Gasteiger partial charge in [-0.2, -0.15) is 23.1 Å². The van der Waals surface area contributed by atoms with Crippen LogP contribution >= 0.6 is 0 Å². The number of hydrogen-bond donors (Lipinski definition) is 1. The standard InChI is InChI=1S/C26H30F3N9O3/c1-35(2)12-13-36(3)22-19(38(39)40)14-17(23(34-22)41-16-26(27,28)29)32-24-31-11-7-20(33-24)37-15-25(8-5-9-25)21-18(37)6-4-10-30-21/h4,6-7,10-11,14H,5,8-9,12-13,15-16H2,1-3H3,(H,31,32,33). The number of nitrogens with one attached hydrogen (secondary N) is 1. The average Bonchev–Trinajstić information content (AvgIpc) is 3.27. The first-order chi connectivity index (χ1) is 19.5. The number of aromatic nitrogens is 4. The van der Waals surface area contributed by atoms with Crippen LogP contribution in [0.5, 0.6) is 5.88 Å². The molecule has 0 amide bonds. The molecule has 3 aromatic heterocycles. The largest absolute Gasteiger partial charge is 0.466 e. The molecule has 218 valence electrons. The Labute approximate surface area is 234 Å². The summed E-state index contributed by atoms with van der Waals surface area (Å²) in [7, 11) is 5.24. The molecular formula is C26H30F3N9O3. The topological polar surface area (TPSA) is 126 Å². The van der Waals surface area contributed by atoms with Gasteiger partial charge < -0.3 is 24.8 Å². The Kier molecular flexibility index (Phi) is 7.55. The molecule has 1 saturated carbocycles. The van der Waals surface area contributed by atoms with Gasteiger partial charge in [0, 0.05) is 50.6 Å². The predicted octanol–water partition coefficient (Wildman–Crippen LogP) is 4.43. The third kappa shape index (κ3) is 5.94. The number of pyridine rings is 2. The van der Waals surface area contributed by atoms with Crippen LogP contribution in [0, 0.1) is 10.1 Å². The predicted molar refractivity (Wildman–Crippen MR) is 146 cm³/mol. The zero-order valence-corrected chi connectivity index (χ0v) is 22.9. The third-order valence-electron chi connectivity index (χ3n) is 7.28. The minimum Gasteiger partial charge on any atom is -0.466 e. The van der Waals surface area contributed by atoms with Crippen molar-refractivity contribution in [2.75, 3.05) is 62.5 Å². The first-order valence-corrected chi connectivity index (χ1v) is 13.0. The van der Waals surface area contributed by atoms with Crippen molar-refractivity contribution in [1.29, 1.82) is 0 Å². The highest BCUT2D eigenvalue weighted by Crippen LogP contribution is 2.53. The number of fused-ring (bicyclic) bond motifs is 2.